The lowest BCUT2D eigenvalue weighted by Crippen LogP contribution is -2.36. The smallest absolute Gasteiger partial charge is 0.0469 e. The number of nitrogens with one attached hydrogen (secondary N) is 1. The molecule has 0 bridgehead atoms. The zero-order valence-corrected chi connectivity index (χ0v) is 12.9. The van der Waals surface area contributed by atoms with Crippen LogP contribution in [-0.2, 0) is 11.3 Å². The maximum Gasteiger partial charge on any atom is 0.0469 e. The SMILES string of the molecule is CC(NCc1cc(Br)ccc1Cl)C1CCOCC1. The Morgan fingerprint density at radius 2 is 2.17 bits per heavy atom. The van der Waals surface area contributed by atoms with Crippen LogP contribution in [0.25, 0.3) is 0 Å². The highest BCUT2D eigenvalue weighted by atomic mass is 79.9. The third kappa shape index (κ3) is 3.95. The van der Waals surface area contributed by atoms with E-state index in [0.29, 0.717) is 12.0 Å². The van der Waals surface area contributed by atoms with Crippen LogP contribution in [0, 0.1) is 5.92 Å². The Hall–Kier alpha value is -0.0900. The summed E-state index contributed by atoms with van der Waals surface area (Å²) in [6.07, 6.45) is 2.31. The van der Waals surface area contributed by atoms with E-state index < -0.39 is 0 Å². The molecule has 1 aliphatic heterocycles. The average Bonchev–Trinajstić information content (AvgIpc) is 2.40. The van der Waals surface area contributed by atoms with Gasteiger partial charge in [-0.15, -0.1) is 0 Å². The Bertz CT molecular complexity index is 393. The van der Waals surface area contributed by atoms with Crippen LogP contribution in [0.15, 0.2) is 22.7 Å². The maximum atomic E-state index is 6.18. The van der Waals surface area contributed by atoms with Gasteiger partial charge in [-0.2, -0.15) is 0 Å². The van der Waals surface area contributed by atoms with Crippen molar-refractivity contribution in [2.75, 3.05) is 13.2 Å². The summed E-state index contributed by atoms with van der Waals surface area (Å²) in [5, 5.41) is 4.40. The van der Waals surface area contributed by atoms with Gasteiger partial charge < -0.3 is 10.1 Å². The molecule has 1 atom stereocenters. The second kappa shape index (κ2) is 6.90. The van der Waals surface area contributed by atoms with Crippen LogP contribution in [0.1, 0.15) is 25.3 Å². The first-order valence-electron chi connectivity index (χ1n) is 6.42. The zero-order valence-electron chi connectivity index (χ0n) is 10.6. The van der Waals surface area contributed by atoms with E-state index in [-0.39, 0.29) is 0 Å². The van der Waals surface area contributed by atoms with Crippen molar-refractivity contribution in [1.29, 1.82) is 0 Å². The first-order chi connectivity index (χ1) is 8.66. The molecule has 1 N–H and O–H groups in total. The summed E-state index contributed by atoms with van der Waals surface area (Å²) in [6, 6.07) is 6.48. The van der Waals surface area contributed by atoms with Gasteiger partial charge in [-0.05, 0) is 49.4 Å². The van der Waals surface area contributed by atoms with Gasteiger partial charge in [-0.3, -0.25) is 0 Å². The molecule has 1 heterocycles. The van der Waals surface area contributed by atoms with Crippen molar-refractivity contribution < 1.29 is 4.74 Å². The van der Waals surface area contributed by atoms with Crippen molar-refractivity contribution in [2.24, 2.45) is 5.92 Å². The van der Waals surface area contributed by atoms with Crippen molar-refractivity contribution in [3.63, 3.8) is 0 Å². The molecule has 4 heteroatoms. The molecule has 1 aliphatic rings. The van der Waals surface area contributed by atoms with Gasteiger partial charge in [0.15, 0.2) is 0 Å². The van der Waals surface area contributed by atoms with E-state index >= 15 is 0 Å². The molecule has 0 spiro atoms. The lowest BCUT2D eigenvalue weighted by molar-refractivity contribution is 0.0558. The molecule has 0 radical (unpaired) electrons. The Labute approximate surface area is 122 Å². The van der Waals surface area contributed by atoms with Gasteiger partial charge in [0.25, 0.3) is 0 Å². The van der Waals surface area contributed by atoms with Crippen molar-refractivity contribution >= 4 is 27.5 Å². The maximum absolute atomic E-state index is 6.18. The molecule has 0 aromatic heterocycles. The van der Waals surface area contributed by atoms with E-state index in [1.807, 2.05) is 12.1 Å². The number of hydrogen-bond acceptors (Lipinski definition) is 2. The monoisotopic (exact) mass is 331 g/mol. The third-order valence-electron chi connectivity index (χ3n) is 3.60. The molecular weight excluding hydrogens is 314 g/mol. The fourth-order valence-electron chi connectivity index (χ4n) is 2.33. The van der Waals surface area contributed by atoms with Crippen molar-refractivity contribution in [1.82, 2.24) is 5.32 Å². The quantitative estimate of drug-likeness (QED) is 0.899. The molecule has 1 unspecified atom stereocenters. The molecule has 100 valence electrons. The van der Waals surface area contributed by atoms with Crippen LogP contribution in [-0.4, -0.2) is 19.3 Å². The molecule has 18 heavy (non-hydrogen) atoms. The number of benzene rings is 1. The fourth-order valence-corrected chi connectivity index (χ4v) is 2.93. The fraction of sp³-hybridized carbons (Fsp3) is 0.571. The van der Waals surface area contributed by atoms with E-state index in [0.717, 1.165) is 47.7 Å². The second-order valence-electron chi connectivity index (χ2n) is 4.86. The molecule has 1 saturated heterocycles. The van der Waals surface area contributed by atoms with Gasteiger partial charge in [-0.1, -0.05) is 27.5 Å². The highest BCUT2D eigenvalue weighted by Gasteiger charge is 2.20. The van der Waals surface area contributed by atoms with Crippen LogP contribution < -0.4 is 5.32 Å². The molecule has 0 aliphatic carbocycles. The van der Waals surface area contributed by atoms with Crippen LogP contribution in [0.4, 0.5) is 0 Å². The lowest BCUT2D eigenvalue weighted by atomic mass is 9.93. The van der Waals surface area contributed by atoms with Crippen LogP contribution in [0.5, 0.6) is 0 Å². The third-order valence-corrected chi connectivity index (χ3v) is 4.46. The predicted octanol–water partition coefficient (Wildman–Crippen LogP) is 4.01. The van der Waals surface area contributed by atoms with Crippen molar-refractivity contribution in [2.45, 2.75) is 32.4 Å². The summed E-state index contributed by atoms with van der Waals surface area (Å²) < 4.78 is 6.46. The van der Waals surface area contributed by atoms with Gasteiger partial charge in [0, 0.05) is 35.3 Å². The Morgan fingerprint density at radius 3 is 2.89 bits per heavy atom. The van der Waals surface area contributed by atoms with Gasteiger partial charge in [0.05, 0.1) is 0 Å². The normalized spacial score (nSPS) is 18.8. The Balaban J connectivity index is 1.88. The minimum atomic E-state index is 0.504. The molecular formula is C14H19BrClNO. The first-order valence-corrected chi connectivity index (χ1v) is 7.59. The minimum absolute atomic E-state index is 0.504. The van der Waals surface area contributed by atoms with Gasteiger partial charge in [0.2, 0.25) is 0 Å². The highest BCUT2D eigenvalue weighted by molar-refractivity contribution is 9.10. The Kier molecular flexibility index (Phi) is 5.49. The molecule has 0 amide bonds. The average molecular weight is 333 g/mol. The summed E-state index contributed by atoms with van der Waals surface area (Å²) in [6.45, 7) is 4.86. The summed E-state index contributed by atoms with van der Waals surface area (Å²) in [7, 11) is 0. The molecule has 1 fully saturated rings. The van der Waals surface area contributed by atoms with E-state index in [9.17, 15) is 0 Å². The van der Waals surface area contributed by atoms with E-state index in [4.69, 9.17) is 16.3 Å². The van der Waals surface area contributed by atoms with Crippen LogP contribution >= 0.6 is 27.5 Å². The van der Waals surface area contributed by atoms with E-state index in [1.165, 1.54) is 0 Å². The van der Waals surface area contributed by atoms with Gasteiger partial charge in [0.1, 0.15) is 0 Å². The second-order valence-corrected chi connectivity index (χ2v) is 6.18. The predicted molar refractivity (Wildman–Crippen MR) is 79.0 cm³/mol. The van der Waals surface area contributed by atoms with Crippen molar-refractivity contribution in [3.05, 3.63) is 33.3 Å². The molecule has 2 rings (SSSR count). The van der Waals surface area contributed by atoms with Crippen LogP contribution in [0.2, 0.25) is 5.02 Å². The zero-order chi connectivity index (χ0) is 13.0. The van der Waals surface area contributed by atoms with E-state index in [1.54, 1.807) is 0 Å². The number of rotatable bonds is 4. The molecule has 1 aromatic carbocycles. The van der Waals surface area contributed by atoms with E-state index in [2.05, 4.69) is 34.2 Å². The van der Waals surface area contributed by atoms with Gasteiger partial charge in [-0.25, -0.2) is 0 Å². The highest BCUT2D eigenvalue weighted by Crippen LogP contribution is 2.22. The summed E-state index contributed by atoms with van der Waals surface area (Å²) in [5.74, 6) is 0.713. The number of hydrogen-bond donors (Lipinski definition) is 1. The summed E-state index contributed by atoms with van der Waals surface area (Å²) in [5.41, 5.74) is 1.14. The van der Waals surface area contributed by atoms with Crippen LogP contribution in [0.3, 0.4) is 0 Å². The Morgan fingerprint density at radius 1 is 1.44 bits per heavy atom. The summed E-state index contributed by atoms with van der Waals surface area (Å²) in [4.78, 5) is 0. The lowest BCUT2D eigenvalue weighted by Gasteiger charge is -2.28. The van der Waals surface area contributed by atoms with Gasteiger partial charge >= 0.3 is 0 Å². The number of ether oxygens (including phenoxy) is 1. The minimum Gasteiger partial charge on any atom is -0.381 e. The first kappa shape index (κ1) is 14.3. The standard InChI is InChI=1S/C14H19BrClNO/c1-10(11-4-6-18-7-5-11)17-9-12-8-13(15)2-3-14(12)16/h2-3,8,10-11,17H,4-7,9H2,1H3. The molecule has 2 nitrogen and oxygen atoms in total. The largest absolute Gasteiger partial charge is 0.381 e. The molecule has 1 aromatic rings. The molecule has 0 saturated carbocycles. The summed E-state index contributed by atoms with van der Waals surface area (Å²) >= 11 is 9.66. The van der Waals surface area contributed by atoms with Crippen molar-refractivity contribution in [3.8, 4) is 0 Å². The topological polar surface area (TPSA) is 21.3 Å². The number of halogens is 2.